The highest BCUT2D eigenvalue weighted by Crippen LogP contribution is 2.19. The van der Waals surface area contributed by atoms with E-state index in [0.29, 0.717) is 16.9 Å². The Kier molecular flexibility index (Phi) is 7.15. The molecule has 2 aromatic rings. The largest absolute Gasteiger partial charge is 0.483 e. The van der Waals surface area contributed by atoms with Gasteiger partial charge in [0.25, 0.3) is 0 Å². The summed E-state index contributed by atoms with van der Waals surface area (Å²) in [6, 6.07) is 7.46. The molecule has 0 radical (unpaired) electrons. The van der Waals surface area contributed by atoms with Crippen molar-refractivity contribution in [3.05, 3.63) is 53.3 Å². The highest BCUT2D eigenvalue weighted by molar-refractivity contribution is 5.99. The van der Waals surface area contributed by atoms with E-state index in [1.165, 1.54) is 0 Å². The lowest BCUT2D eigenvalue weighted by molar-refractivity contribution is -0.137. The highest BCUT2D eigenvalue weighted by Gasteiger charge is 2.21. The van der Waals surface area contributed by atoms with Crippen LogP contribution >= 0.6 is 0 Å². The van der Waals surface area contributed by atoms with Crippen molar-refractivity contribution in [1.82, 2.24) is 4.57 Å². The number of carboxylic acid groups (broad SMARTS) is 1. The number of benzene rings is 1. The molecule has 6 heteroatoms. The van der Waals surface area contributed by atoms with Gasteiger partial charge in [-0.05, 0) is 38.0 Å². The molecule has 1 aromatic carbocycles. The number of aliphatic carboxylic acids is 1. The summed E-state index contributed by atoms with van der Waals surface area (Å²) >= 11 is 0. The lowest BCUT2D eigenvalue weighted by Gasteiger charge is -2.14. The number of aromatic nitrogens is 1. The third kappa shape index (κ3) is 5.81. The minimum atomic E-state index is -0.924. The van der Waals surface area contributed by atoms with Crippen LogP contribution in [0.3, 0.4) is 0 Å². The van der Waals surface area contributed by atoms with Crippen molar-refractivity contribution in [3.63, 3.8) is 0 Å². The minimum Gasteiger partial charge on any atom is -0.483 e. The Morgan fingerprint density at radius 2 is 1.71 bits per heavy atom. The van der Waals surface area contributed by atoms with Crippen molar-refractivity contribution < 1.29 is 24.2 Å². The maximum absolute atomic E-state index is 12.5. The van der Waals surface area contributed by atoms with Crippen LogP contribution in [0.15, 0.2) is 36.7 Å². The summed E-state index contributed by atoms with van der Waals surface area (Å²) in [7, 11) is 0. The molecule has 0 spiro atoms. The van der Waals surface area contributed by atoms with Crippen LogP contribution in [-0.4, -0.2) is 33.3 Å². The number of ketones is 2. The SMILES string of the molecule is Cc1ccc(OC(C)C(=O)Cn2cc(CCC(=O)O)c(C(=O)C(C)C)c2)cc1. The van der Waals surface area contributed by atoms with Crippen molar-refractivity contribution in [2.75, 3.05) is 0 Å². The fraction of sp³-hybridized carbons (Fsp3) is 0.409. The quantitative estimate of drug-likeness (QED) is 0.631. The zero-order chi connectivity index (χ0) is 20.8. The molecule has 1 unspecified atom stereocenters. The highest BCUT2D eigenvalue weighted by atomic mass is 16.5. The zero-order valence-electron chi connectivity index (χ0n) is 16.8. The molecule has 0 aliphatic heterocycles. The molecule has 0 amide bonds. The first kappa shape index (κ1) is 21.4. The summed E-state index contributed by atoms with van der Waals surface area (Å²) in [5, 5.41) is 8.93. The summed E-state index contributed by atoms with van der Waals surface area (Å²) < 4.78 is 7.34. The standard InChI is InChI=1S/C22H27NO5/c1-14(2)22(27)19-12-23(11-17(19)7-10-21(25)26)13-20(24)16(4)28-18-8-5-15(3)6-9-18/h5-6,8-9,11-12,14,16H,7,10,13H2,1-4H3,(H,25,26). The number of nitrogens with zero attached hydrogens (tertiary/aromatic N) is 1. The van der Waals surface area contributed by atoms with Crippen LogP contribution in [0.25, 0.3) is 0 Å². The molecule has 1 heterocycles. The molecule has 0 saturated carbocycles. The van der Waals surface area contributed by atoms with Crippen molar-refractivity contribution in [2.45, 2.75) is 53.2 Å². The Balaban J connectivity index is 2.11. The number of ether oxygens (including phenoxy) is 1. The van der Waals surface area contributed by atoms with Gasteiger partial charge in [0.05, 0.1) is 6.54 Å². The predicted octanol–water partition coefficient (Wildman–Crippen LogP) is 3.69. The number of aryl methyl sites for hydroxylation is 2. The van der Waals surface area contributed by atoms with Gasteiger partial charge in [0, 0.05) is 30.3 Å². The molecule has 0 aliphatic rings. The van der Waals surface area contributed by atoms with E-state index in [4.69, 9.17) is 9.84 Å². The predicted molar refractivity (Wildman–Crippen MR) is 106 cm³/mol. The van der Waals surface area contributed by atoms with Crippen molar-refractivity contribution in [3.8, 4) is 5.75 Å². The molecule has 28 heavy (non-hydrogen) atoms. The summed E-state index contributed by atoms with van der Waals surface area (Å²) in [6.07, 6.45) is 2.87. The first-order valence-corrected chi connectivity index (χ1v) is 9.38. The Labute approximate surface area is 165 Å². The van der Waals surface area contributed by atoms with Crippen LogP contribution < -0.4 is 4.74 Å². The molecule has 0 fully saturated rings. The van der Waals surface area contributed by atoms with E-state index in [9.17, 15) is 14.4 Å². The molecule has 1 N–H and O–H groups in total. The van der Waals surface area contributed by atoms with E-state index in [1.54, 1.807) is 37.7 Å². The van der Waals surface area contributed by atoms with Gasteiger partial charge in [-0.2, -0.15) is 0 Å². The van der Waals surface area contributed by atoms with Gasteiger partial charge in [0.15, 0.2) is 17.7 Å². The molecular formula is C22H27NO5. The second-order valence-corrected chi connectivity index (χ2v) is 7.32. The fourth-order valence-electron chi connectivity index (χ4n) is 2.82. The number of Topliss-reactive ketones (excluding diaryl/α,β-unsaturated/α-hetero) is 2. The number of hydrogen-bond acceptors (Lipinski definition) is 4. The number of carbonyl (C=O) groups is 3. The first-order chi connectivity index (χ1) is 13.2. The number of rotatable bonds is 10. The lowest BCUT2D eigenvalue weighted by atomic mass is 9.98. The molecule has 6 nitrogen and oxygen atoms in total. The van der Waals surface area contributed by atoms with Crippen molar-refractivity contribution >= 4 is 17.5 Å². The van der Waals surface area contributed by atoms with Gasteiger partial charge in [-0.15, -0.1) is 0 Å². The van der Waals surface area contributed by atoms with Crippen molar-refractivity contribution in [1.29, 1.82) is 0 Å². The van der Waals surface area contributed by atoms with Crippen LogP contribution in [-0.2, 0) is 22.6 Å². The topological polar surface area (TPSA) is 85.6 Å². The molecule has 2 rings (SSSR count). The van der Waals surface area contributed by atoms with Gasteiger partial charge in [0.2, 0.25) is 0 Å². The van der Waals surface area contributed by atoms with E-state index < -0.39 is 12.1 Å². The molecule has 1 aromatic heterocycles. The Hall–Kier alpha value is -2.89. The second-order valence-electron chi connectivity index (χ2n) is 7.32. The molecule has 1 atom stereocenters. The van der Waals surface area contributed by atoms with Gasteiger partial charge < -0.3 is 14.4 Å². The van der Waals surface area contributed by atoms with Crippen LogP contribution in [0.4, 0.5) is 0 Å². The van der Waals surface area contributed by atoms with E-state index in [0.717, 1.165) is 5.56 Å². The fourth-order valence-corrected chi connectivity index (χ4v) is 2.82. The lowest BCUT2D eigenvalue weighted by Crippen LogP contribution is -2.27. The maximum atomic E-state index is 12.5. The van der Waals surface area contributed by atoms with Crippen LogP contribution in [0.2, 0.25) is 0 Å². The number of carboxylic acids is 1. The number of hydrogen-bond donors (Lipinski definition) is 1. The monoisotopic (exact) mass is 385 g/mol. The molecule has 0 aliphatic carbocycles. The average Bonchev–Trinajstić information content (AvgIpc) is 3.03. The van der Waals surface area contributed by atoms with E-state index >= 15 is 0 Å². The third-order valence-corrected chi connectivity index (χ3v) is 4.49. The van der Waals surface area contributed by atoms with Gasteiger partial charge in [-0.3, -0.25) is 14.4 Å². The Morgan fingerprint density at radius 3 is 2.29 bits per heavy atom. The van der Waals surface area contributed by atoms with Gasteiger partial charge in [0.1, 0.15) is 5.75 Å². The van der Waals surface area contributed by atoms with Crippen LogP contribution in [0.1, 0.15) is 48.7 Å². The summed E-state index contributed by atoms with van der Waals surface area (Å²) in [4.78, 5) is 35.9. The summed E-state index contributed by atoms with van der Waals surface area (Å²) in [6.45, 7) is 7.31. The molecule has 150 valence electrons. The summed E-state index contributed by atoms with van der Waals surface area (Å²) in [5.74, 6) is -0.706. The second kappa shape index (κ2) is 9.35. The van der Waals surface area contributed by atoms with Gasteiger partial charge in [-0.25, -0.2) is 0 Å². The maximum Gasteiger partial charge on any atom is 0.303 e. The van der Waals surface area contributed by atoms with Crippen LogP contribution in [0, 0.1) is 12.8 Å². The Morgan fingerprint density at radius 1 is 1.07 bits per heavy atom. The van der Waals surface area contributed by atoms with Crippen molar-refractivity contribution in [2.24, 2.45) is 5.92 Å². The molecule has 0 bridgehead atoms. The first-order valence-electron chi connectivity index (χ1n) is 9.38. The van der Waals surface area contributed by atoms with Gasteiger partial charge >= 0.3 is 5.97 Å². The van der Waals surface area contributed by atoms with E-state index in [2.05, 4.69) is 0 Å². The third-order valence-electron chi connectivity index (χ3n) is 4.49. The molecular weight excluding hydrogens is 358 g/mol. The minimum absolute atomic E-state index is 0.0540. The Bertz CT molecular complexity index is 848. The zero-order valence-corrected chi connectivity index (χ0v) is 16.8. The van der Waals surface area contributed by atoms with E-state index in [-0.39, 0.29) is 36.9 Å². The summed E-state index contributed by atoms with van der Waals surface area (Å²) in [5.41, 5.74) is 2.24. The normalized spacial score (nSPS) is 12.0. The van der Waals surface area contributed by atoms with Gasteiger partial charge in [-0.1, -0.05) is 31.5 Å². The smallest absolute Gasteiger partial charge is 0.303 e. The molecule has 0 saturated heterocycles. The average molecular weight is 385 g/mol. The number of carbonyl (C=O) groups excluding carboxylic acids is 2. The van der Waals surface area contributed by atoms with E-state index in [1.807, 2.05) is 31.2 Å². The van der Waals surface area contributed by atoms with Crippen LogP contribution in [0.5, 0.6) is 5.75 Å².